The van der Waals surface area contributed by atoms with Crippen LogP contribution in [0, 0.1) is 0 Å². The maximum Gasteiger partial charge on any atom is 0.460 e. The average molecular weight is 409 g/mol. The van der Waals surface area contributed by atoms with Gasteiger partial charge in [0.2, 0.25) is 0 Å². The third kappa shape index (κ3) is 4.65. The van der Waals surface area contributed by atoms with E-state index in [1.54, 1.807) is 0 Å². The first-order chi connectivity index (χ1) is 10.9. The highest BCUT2D eigenvalue weighted by atomic mass is 32.2. The van der Waals surface area contributed by atoms with Gasteiger partial charge in [-0.2, -0.15) is 39.5 Å². The SMILES string of the molecule is C=C(C)C(=O)OCCN(C)S(=O)C(F)(F)C(F)(F)C(F)(F)C(F)(F)F. The lowest BCUT2D eigenvalue weighted by Crippen LogP contribution is -2.63. The lowest BCUT2D eigenvalue weighted by Gasteiger charge is -2.34. The molecule has 25 heavy (non-hydrogen) atoms. The summed E-state index contributed by atoms with van der Waals surface area (Å²) in [5, 5.41) is -6.26. The van der Waals surface area contributed by atoms with E-state index in [2.05, 4.69) is 11.3 Å². The molecule has 0 aliphatic carbocycles. The molecule has 0 aromatic rings. The summed E-state index contributed by atoms with van der Waals surface area (Å²) in [6, 6.07) is 0. The summed E-state index contributed by atoms with van der Waals surface area (Å²) in [5.74, 6) is -15.1. The number of likely N-dealkylation sites (N-methyl/N-ethyl adjacent to an activating group) is 1. The van der Waals surface area contributed by atoms with Crippen LogP contribution >= 0.6 is 0 Å². The van der Waals surface area contributed by atoms with E-state index in [4.69, 9.17) is 0 Å². The zero-order chi connectivity index (χ0) is 20.4. The van der Waals surface area contributed by atoms with Crippen LogP contribution in [0.1, 0.15) is 6.92 Å². The van der Waals surface area contributed by atoms with Gasteiger partial charge in [0.05, 0.1) is 0 Å². The van der Waals surface area contributed by atoms with Gasteiger partial charge in [-0.3, -0.25) is 0 Å². The number of hydrogen-bond acceptors (Lipinski definition) is 3. The minimum absolute atomic E-state index is 0.120. The molecule has 0 aliphatic rings. The molecule has 0 aromatic heterocycles. The van der Waals surface area contributed by atoms with E-state index >= 15 is 0 Å². The molecule has 0 heterocycles. The number of carbonyl (C=O) groups excluding carboxylic acids is 1. The number of rotatable bonds is 8. The van der Waals surface area contributed by atoms with Gasteiger partial charge in [0.25, 0.3) is 0 Å². The van der Waals surface area contributed by atoms with E-state index in [-0.39, 0.29) is 9.88 Å². The quantitative estimate of drug-likeness (QED) is 0.352. The Bertz CT molecular complexity index is 547. The molecule has 0 saturated heterocycles. The minimum atomic E-state index is -7.13. The summed E-state index contributed by atoms with van der Waals surface area (Å²) >= 11 is 0. The molecule has 0 aromatic carbocycles. The first kappa shape index (κ1) is 23.7. The third-order valence-corrected chi connectivity index (χ3v) is 4.05. The van der Waals surface area contributed by atoms with Gasteiger partial charge in [-0.15, -0.1) is 0 Å². The molecule has 4 nitrogen and oxygen atoms in total. The highest BCUT2D eigenvalue weighted by Crippen LogP contribution is 2.54. The van der Waals surface area contributed by atoms with Crippen molar-refractivity contribution in [3.63, 3.8) is 0 Å². The van der Waals surface area contributed by atoms with Crippen LogP contribution in [0.15, 0.2) is 12.2 Å². The van der Waals surface area contributed by atoms with Crippen molar-refractivity contribution in [2.45, 2.75) is 30.2 Å². The molecule has 0 aliphatic heterocycles. The zero-order valence-electron chi connectivity index (χ0n) is 12.6. The predicted molar refractivity (Wildman–Crippen MR) is 67.4 cm³/mol. The van der Waals surface area contributed by atoms with Crippen LogP contribution in [0.5, 0.6) is 0 Å². The Morgan fingerprint density at radius 3 is 1.84 bits per heavy atom. The van der Waals surface area contributed by atoms with Gasteiger partial charge >= 0.3 is 29.2 Å². The summed E-state index contributed by atoms with van der Waals surface area (Å²) < 4.78 is 130. The number of alkyl halides is 9. The van der Waals surface area contributed by atoms with Crippen LogP contribution in [0.3, 0.4) is 0 Å². The molecule has 1 unspecified atom stereocenters. The van der Waals surface area contributed by atoms with E-state index in [0.717, 1.165) is 0 Å². The molecular formula is C11H12F9NO3S. The third-order valence-electron chi connectivity index (χ3n) is 2.61. The first-order valence-electron chi connectivity index (χ1n) is 6.07. The molecule has 0 radical (unpaired) electrons. The molecular weight excluding hydrogens is 397 g/mol. The van der Waals surface area contributed by atoms with Gasteiger partial charge in [0.1, 0.15) is 6.61 Å². The van der Waals surface area contributed by atoms with Crippen LogP contribution < -0.4 is 0 Å². The predicted octanol–water partition coefficient (Wildman–Crippen LogP) is 3.13. The van der Waals surface area contributed by atoms with Crippen LogP contribution in [0.25, 0.3) is 0 Å². The summed E-state index contributed by atoms with van der Waals surface area (Å²) in [5.41, 5.74) is -0.120. The lowest BCUT2D eigenvalue weighted by molar-refractivity contribution is -0.382. The fourth-order valence-corrected chi connectivity index (χ4v) is 2.12. The molecule has 0 amide bonds. The van der Waals surface area contributed by atoms with Crippen molar-refractivity contribution in [3.8, 4) is 0 Å². The molecule has 0 N–H and O–H groups in total. The molecule has 1 atom stereocenters. The minimum Gasteiger partial charge on any atom is -0.461 e. The maximum absolute atomic E-state index is 13.4. The van der Waals surface area contributed by atoms with E-state index in [0.29, 0.717) is 7.05 Å². The summed E-state index contributed by atoms with van der Waals surface area (Å²) in [7, 11) is -3.82. The van der Waals surface area contributed by atoms with Crippen LogP contribution in [-0.2, 0) is 20.5 Å². The Morgan fingerprint density at radius 1 is 1.04 bits per heavy atom. The van der Waals surface area contributed by atoms with Crippen molar-refractivity contribution >= 4 is 17.0 Å². The number of esters is 1. The molecule has 0 spiro atoms. The second-order valence-electron chi connectivity index (χ2n) is 4.68. The summed E-state index contributed by atoms with van der Waals surface area (Å²) in [4.78, 5) is 11.0. The van der Waals surface area contributed by atoms with Crippen molar-refractivity contribution in [1.29, 1.82) is 0 Å². The molecule has 0 saturated carbocycles. The van der Waals surface area contributed by atoms with Crippen LogP contribution in [0.4, 0.5) is 39.5 Å². The van der Waals surface area contributed by atoms with Crippen molar-refractivity contribution in [1.82, 2.24) is 4.31 Å². The Balaban J connectivity index is 5.27. The van der Waals surface area contributed by atoms with Crippen molar-refractivity contribution < 1.29 is 53.3 Å². The topological polar surface area (TPSA) is 46.6 Å². The number of hydrogen-bond donors (Lipinski definition) is 0. The second-order valence-corrected chi connectivity index (χ2v) is 6.31. The van der Waals surface area contributed by atoms with Crippen molar-refractivity contribution in [2.24, 2.45) is 0 Å². The van der Waals surface area contributed by atoms with Crippen molar-refractivity contribution in [3.05, 3.63) is 12.2 Å². The number of ether oxygens (including phenoxy) is 1. The molecule has 0 bridgehead atoms. The summed E-state index contributed by atoms with van der Waals surface area (Å²) in [6.45, 7) is 2.65. The monoisotopic (exact) mass is 409 g/mol. The van der Waals surface area contributed by atoms with Crippen LogP contribution in [0.2, 0.25) is 0 Å². The Kier molecular flexibility index (Phi) is 7.12. The molecule has 14 heteroatoms. The van der Waals surface area contributed by atoms with Gasteiger partial charge < -0.3 is 4.74 Å². The summed E-state index contributed by atoms with van der Waals surface area (Å²) in [6.07, 6.45) is -7.00. The van der Waals surface area contributed by atoms with Crippen molar-refractivity contribution in [2.75, 3.05) is 20.2 Å². The number of nitrogens with zero attached hydrogens (tertiary/aromatic N) is 1. The molecule has 148 valence electrons. The van der Waals surface area contributed by atoms with Gasteiger partial charge in [-0.1, -0.05) is 6.58 Å². The number of carbonyl (C=O) groups is 1. The maximum atomic E-state index is 13.4. The molecule has 0 rings (SSSR count). The van der Waals surface area contributed by atoms with Gasteiger partial charge in [-0.05, 0) is 6.92 Å². The average Bonchev–Trinajstić information content (AvgIpc) is 2.44. The fraction of sp³-hybridized carbons (Fsp3) is 0.727. The standard InChI is InChI=1S/C11H12F9NO3S/c1-6(2)7(22)24-5-4-21(3)25(23)11(19,20)9(14,15)8(12,13)10(16,17)18/h1,4-5H2,2-3H3. The van der Waals surface area contributed by atoms with Gasteiger partial charge in [0, 0.05) is 19.2 Å². The fourth-order valence-electron chi connectivity index (χ4n) is 1.14. The highest BCUT2D eigenvalue weighted by Gasteiger charge is 2.83. The van der Waals surface area contributed by atoms with E-state index < -0.39 is 53.4 Å². The largest absolute Gasteiger partial charge is 0.461 e. The molecule has 0 fully saturated rings. The Morgan fingerprint density at radius 2 is 1.48 bits per heavy atom. The first-order valence-corrected chi connectivity index (χ1v) is 7.17. The number of halogens is 9. The normalized spacial score (nSPS) is 15.2. The van der Waals surface area contributed by atoms with Gasteiger partial charge in [-0.25, -0.2) is 13.3 Å². The van der Waals surface area contributed by atoms with E-state index in [1.807, 2.05) is 0 Å². The zero-order valence-corrected chi connectivity index (χ0v) is 13.4. The van der Waals surface area contributed by atoms with E-state index in [9.17, 15) is 48.5 Å². The van der Waals surface area contributed by atoms with Crippen LogP contribution in [-0.4, -0.2) is 58.0 Å². The Labute approximate surface area is 138 Å². The lowest BCUT2D eigenvalue weighted by atomic mass is 10.1. The smallest absolute Gasteiger partial charge is 0.460 e. The van der Waals surface area contributed by atoms with Gasteiger partial charge in [0.15, 0.2) is 11.0 Å². The Hall–Kier alpha value is -1.31. The van der Waals surface area contributed by atoms with E-state index in [1.165, 1.54) is 6.92 Å². The second kappa shape index (κ2) is 7.51. The highest BCUT2D eigenvalue weighted by molar-refractivity contribution is 7.83.